The first-order chi connectivity index (χ1) is 26.1. The zero-order valence-corrected chi connectivity index (χ0v) is 31.9. The first kappa shape index (κ1) is 37.7. The van der Waals surface area contributed by atoms with E-state index in [1.807, 2.05) is 0 Å². The quantitative estimate of drug-likeness (QED) is 0.0745. The minimum Gasteiger partial charge on any atom is -0.418 e. The molecule has 9 heteroatoms. The molecule has 0 atom stereocenters. The van der Waals surface area contributed by atoms with Crippen molar-refractivity contribution in [1.29, 1.82) is 0 Å². The fourth-order valence-corrected chi connectivity index (χ4v) is 8.44. The van der Waals surface area contributed by atoms with Crippen LogP contribution in [0.5, 0.6) is 0 Å². The number of allylic oxidation sites excluding steroid dienone is 6. The Bertz CT molecular complexity index is 2540. The number of unbranched alkanes of at least 4 members (excludes halogenated alkanes) is 2. The van der Waals surface area contributed by atoms with Crippen molar-refractivity contribution >= 4 is 86.0 Å². The first-order valence-corrected chi connectivity index (χ1v) is 19.4. The van der Waals surface area contributed by atoms with Crippen molar-refractivity contribution in [1.82, 2.24) is 4.57 Å². The molecule has 0 N–H and O–H groups in total. The van der Waals surface area contributed by atoms with E-state index in [1.165, 1.54) is 66.3 Å². The smallest absolute Gasteiger partial charge is 0.418 e. The Hall–Kier alpha value is -4.59. The van der Waals surface area contributed by atoms with E-state index < -0.39 is 7.25 Å². The summed E-state index contributed by atoms with van der Waals surface area (Å²) < 4.78 is 44.0. The van der Waals surface area contributed by atoms with Crippen LogP contribution in [0.25, 0.3) is 44.1 Å². The van der Waals surface area contributed by atoms with Crippen molar-refractivity contribution in [2.24, 2.45) is 0 Å². The molecular weight excluding hydrogens is 726 g/mol. The molecule has 276 valence electrons. The predicted octanol–water partition coefficient (Wildman–Crippen LogP) is 13.5. The first-order valence-electron chi connectivity index (χ1n) is 18.7. The van der Waals surface area contributed by atoms with E-state index in [0.29, 0.717) is 0 Å². The lowest BCUT2D eigenvalue weighted by Crippen LogP contribution is -2.16. The number of benzene rings is 5. The Kier molecular flexibility index (Phi) is 11.2. The number of halogens is 6. The highest BCUT2D eigenvalue weighted by Crippen LogP contribution is 2.42. The monoisotopic (exact) mass is 766 g/mol. The van der Waals surface area contributed by atoms with E-state index >= 15 is 0 Å². The number of aromatic nitrogens is 1. The van der Waals surface area contributed by atoms with Crippen LogP contribution in [0.15, 0.2) is 120 Å². The molecule has 8 rings (SSSR count). The predicted molar refractivity (Wildman–Crippen MR) is 222 cm³/mol. The lowest BCUT2D eigenvalue weighted by atomic mass is 9.97. The Labute approximate surface area is 323 Å². The summed E-state index contributed by atoms with van der Waals surface area (Å²) in [6, 6.07) is 32.5. The summed E-state index contributed by atoms with van der Waals surface area (Å²) >= 11 is 13.4. The number of aryl methyl sites for hydroxylation is 1. The van der Waals surface area contributed by atoms with Crippen molar-refractivity contribution in [3.05, 3.63) is 147 Å². The lowest BCUT2D eigenvalue weighted by molar-refractivity contribution is -0.436. The standard InChI is InChI=1S/C45H41Cl2N2.BF4/c1-3-5-28-48-39(35-16-10-14-33-37(46)22-26-41(48)44(33)35)24-20-31-18-19-32(43(31)30-12-8-7-9-13-30)21-25-40-36-17-11-15-34-38(47)23-27-42(45(34)36)49(40)29-6-4-2;2-1(3,4)5/h7-17,20-27H,3-6,18-19,28-29H2,1-2H3;/q+1;-1. The third-order valence-electron chi connectivity index (χ3n) is 10.4. The SMILES string of the molecule is CCCCn1/c(=C/C=C2\CCC(C=CC3=[N+](CCCC)c4ccc(Cl)c5cccc3c45)=C2c2ccccc2)c2cccc3c(Cl)ccc1c32.F[B-](F)(F)F. The maximum absolute atomic E-state index is 9.75. The molecule has 1 aliphatic heterocycles. The highest BCUT2D eigenvalue weighted by Gasteiger charge is 2.31. The van der Waals surface area contributed by atoms with Crippen molar-refractivity contribution in [2.45, 2.75) is 58.9 Å². The molecule has 6 aromatic rings. The molecule has 2 heterocycles. The fourth-order valence-electron chi connectivity index (χ4n) is 8.00. The van der Waals surface area contributed by atoms with Gasteiger partial charge in [-0.1, -0.05) is 123 Å². The minimum atomic E-state index is -6.00. The molecule has 0 bridgehead atoms. The molecule has 0 saturated carbocycles. The molecule has 54 heavy (non-hydrogen) atoms. The second-order valence-corrected chi connectivity index (χ2v) is 14.6. The zero-order chi connectivity index (χ0) is 38.0. The molecule has 0 radical (unpaired) electrons. The Balaban J connectivity index is 0.000000846. The number of hydrogen-bond acceptors (Lipinski definition) is 0. The summed E-state index contributed by atoms with van der Waals surface area (Å²) in [6.07, 6.45) is 16.1. The fraction of sp³-hybridized carbons (Fsp3) is 0.222. The molecule has 5 aromatic carbocycles. The largest absolute Gasteiger partial charge is 0.673 e. The molecule has 0 amide bonds. The molecule has 0 unspecified atom stereocenters. The Morgan fingerprint density at radius 1 is 0.704 bits per heavy atom. The van der Waals surface area contributed by atoms with Gasteiger partial charge in [0.1, 0.15) is 6.54 Å². The summed E-state index contributed by atoms with van der Waals surface area (Å²) in [7, 11) is -6.00. The van der Waals surface area contributed by atoms with Crippen molar-refractivity contribution < 1.29 is 21.8 Å². The van der Waals surface area contributed by atoms with E-state index in [2.05, 4.69) is 138 Å². The summed E-state index contributed by atoms with van der Waals surface area (Å²) in [5.41, 5.74) is 10.4. The van der Waals surface area contributed by atoms with E-state index in [1.54, 1.807) is 0 Å². The van der Waals surface area contributed by atoms with Crippen LogP contribution in [0.3, 0.4) is 0 Å². The van der Waals surface area contributed by atoms with Gasteiger partial charge in [0.25, 0.3) is 0 Å². The molecule has 1 aliphatic carbocycles. The van der Waals surface area contributed by atoms with Crippen LogP contribution in [0, 0.1) is 0 Å². The van der Waals surface area contributed by atoms with Crippen molar-refractivity contribution in [3.63, 3.8) is 0 Å². The van der Waals surface area contributed by atoms with Crippen LogP contribution in [0.4, 0.5) is 23.0 Å². The third-order valence-corrected chi connectivity index (χ3v) is 11.0. The van der Waals surface area contributed by atoms with Crippen molar-refractivity contribution in [2.75, 3.05) is 6.54 Å². The molecule has 0 saturated heterocycles. The summed E-state index contributed by atoms with van der Waals surface area (Å²) in [5, 5.41) is 8.95. The van der Waals surface area contributed by atoms with Gasteiger partial charge in [0.05, 0.1) is 10.9 Å². The van der Waals surface area contributed by atoms with Gasteiger partial charge in [-0.25, -0.2) is 0 Å². The van der Waals surface area contributed by atoms with Gasteiger partial charge in [-0.15, -0.1) is 0 Å². The van der Waals surface area contributed by atoms with E-state index in [-0.39, 0.29) is 0 Å². The van der Waals surface area contributed by atoms with Gasteiger partial charge >= 0.3 is 7.25 Å². The molecule has 1 aromatic heterocycles. The molecule has 2 aliphatic rings. The Morgan fingerprint density at radius 2 is 1.37 bits per heavy atom. The second kappa shape index (κ2) is 16.0. The summed E-state index contributed by atoms with van der Waals surface area (Å²) in [5.74, 6) is 0. The highest BCUT2D eigenvalue weighted by atomic mass is 35.5. The van der Waals surface area contributed by atoms with Crippen molar-refractivity contribution in [3.8, 4) is 0 Å². The van der Waals surface area contributed by atoms with Crippen LogP contribution in [0.2, 0.25) is 10.0 Å². The van der Waals surface area contributed by atoms with Crippen LogP contribution in [-0.2, 0) is 6.54 Å². The van der Waals surface area contributed by atoms with Gasteiger partial charge in [-0.05, 0) is 71.9 Å². The van der Waals surface area contributed by atoms with Crippen LogP contribution >= 0.6 is 23.2 Å². The minimum absolute atomic E-state index is 0.813. The third kappa shape index (κ3) is 7.54. The molecular formula is C45H41BCl2F4N2. The average molecular weight is 768 g/mol. The van der Waals surface area contributed by atoms with Crippen LogP contribution < -0.4 is 5.35 Å². The molecule has 0 spiro atoms. The van der Waals surface area contributed by atoms with E-state index in [9.17, 15) is 17.3 Å². The Morgan fingerprint density at radius 3 is 2.09 bits per heavy atom. The van der Waals surface area contributed by atoms with Gasteiger partial charge in [-0.2, -0.15) is 4.58 Å². The molecule has 0 fully saturated rings. The summed E-state index contributed by atoms with van der Waals surface area (Å²) in [6.45, 7) is 6.49. The zero-order valence-electron chi connectivity index (χ0n) is 30.4. The van der Waals surface area contributed by atoms with Gasteiger partial charge in [0.2, 0.25) is 11.4 Å². The van der Waals surface area contributed by atoms with Gasteiger partial charge in [0, 0.05) is 67.6 Å². The second-order valence-electron chi connectivity index (χ2n) is 13.8. The number of rotatable bonds is 10. The summed E-state index contributed by atoms with van der Waals surface area (Å²) in [4.78, 5) is 0. The van der Waals surface area contributed by atoms with E-state index in [0.717, 1.165) is 72.4 Å². The average Bonchev–Trinajstić information content (AvgIpc) is 3.81. The maximum Gasteiger partial charge on any atom is 0.673 e. The molecule has 2 nitrogen and oxygen atoms in total. The maximum atomic E-state index is 9.75. The normalized spacial score (nSPS) is 15.6. The number of nitrogens with zero attached hydrogens (tertiary/aromatic N) is 2. The van der Waals surface area contributed by atoms with E-state index in [4.69, 9.17) is 23.2 Å². The van der Waals surface area contributed by atoms with Gasteiger partial charge in [-0.3, -0.25) is 0 Å². The lowest BCUT2D eigenvalue weighted by Gasteiger charge is -2.08. The van der Waals surface area contributed by atoms with Crippen LogP contribution in [0.1, 0.15) is 63.5 Å². The van der Waals surface area contributed by atoms with Gasteiger partial charge in [0.15, 0.2) is 0 Å². The van der Waals surface area contributed by atoms with Gasteiger partial charge < -0.3 is 21.8 Å². The topological polar surface area (TPSA) is 7.94 Å². The highest BCUT2D eigenvalue weighted by molar-refractivity contribution is 6.50. The number of hydrogen-bond donors (Lipinski definition) is 0. The van der Waals surface area contributed by atoms with Crippen LogP contribution in [-0.4, -0.2) is 28.7 Å².